The molecule has 0 fully saturated rings. The van der Waals surface area contributed by atoms with Crippen LogP contribution in [0, 0.1) is 0 Å². The van der Waals surface area contributed by atoms with E-state index in [1.54, 1.807) is 0 Å². The Morgan fingerprint density at radius 1 is 0.323 bits per heavy atom. The van der Waals surface area contributed by atoms with Gasteiger partial charge in [0.15, 0.2) is 17.5 Å². The average molecular weight is 832 g/mol. The molecule has 7 nitrogen and oxygen atoms in total. The SMILES string of the molecule is c1ccc2c(c1)nc(-c1ccc(-c3nc(-c4ccc5c6ccccc6c6ccccc6c5c4)nc(-c4cccc5oc6ccccc6c45)n3)cc1)n2-c1ccc2c(c1)oc1ccccc12. The molecule has 0 atom stereocenters. The number of hydrogen-bond donors (Lipinski definition) is 0. The molecule has 0 spiro atoms. The molecule has 65 heavy (non-hydrogen) atoms. The van der Waals surface area contributed by atoms with Crippen LogP contribution in [0.1, 0.15) is 0 Å². The molecule has 10 aromatic carbocycles. The normalized spacial score (nSPS) is 12.0. The van der Waals surface area contributed by atoms with Gasteiger partial charge in [-0.3, -0.25) is 4.57 Å². The van der Waals surface area contributed by atoms with Crippen molar-refractivity contribution < 1.29 is 8.83 Å². The molecule has 0 saturated heterocycles. The standard InChI is InChI=1S/C58H33N5O2/c1-2-14-40-38(12-1)39-13-3-4-15-41(39)47-32-36(28-30-42(40)47)56-60-55(61-57(62-56)46-18-11-23-52-54(46)45-17-6-10-22-51(45)64-52)34-24-26-35(27-25-34)58-59-48-19-7-8-20-49(48)63(58)37-29-31-44-43-16-5-9-21-50(43)65-53(44)33-37/h1-33H. The van der Waals surface area contributed by atoms with E-state index in [2.05, 4.69) is 150 Å². The first kappa shape index (κ1) is 35.6. The van der Waals surface area contributed by atoms with Gasteiger partial charge in [-0.2, -0.15) is 0 Å². The molecule has 4 heterocycles. The van der Waals surface area contributed by atoms with E-state index in [9.17, 15) is 0 Å². The summed E-state index contributed by atoms with van der Waals surface area (Å²) in [6, 6.07) is 69.2. The summed E-state index contributed by atoms with van der Waals surface area (Å²) in [6.07, 6.45) is 0. The monoisotopic (exact) mass is 831 g/mol. The number of imidazole rings is 1. The number of rotatable bonds is 5. The number of fused-ring (bicyclic) bond motifs is 13. The third-order valence-corrected chi connectivity index (χ3v) is 12.9. The van der Waals surface area contributed by atoms with Crippen LogP contribution in [0.15, 0.2) is 209 Å². The van der Waals surface area contributed by atoms with E-state index in [-0.39, 0.29) is 0 Å². The largest absolute Gasteiger partial charge is 0.456 e. The second kappa shape index (κ2) is 13.8. The molecule has 0 aliphatic rings. The summed E-state index contributed by atoms with van der Waals surface area (Å²) in [5, 5.41) is 11.3. The molecular weight excluding hydrogens is 799 g/mol. The fourth-order valence-corrected chi connectivity index (χ4v) is 9.87. The average Bonchev–Trinajstić information content (AvgIpc) is 4.08. The molecule has 14 rings (SSSR count). The van der Waals surface area contributed by atoms with Crippen LogP contribution in [-0.2, 0) is 0 Å². The van der Waals surface area contributed by atoms with Crippen molar-refractivity contribution in [3.63, 3.8) is 0 Å². The summed E-state index contributed by atoms with van der Waals surface area (Å²) >= 11 is 0. The maximum Gasteiger partial charge on any atom is 0.164 e. The van der Waals surface area contributed by atoms with Gasteiger partial charge in [0.2, 0.25) is 0 Å². The lowest BCUT2D eigenvalue weighted by atomic mass is 9.93. The Kier molecular flexibility index (Phi) is 7.55. The Labute approximate surface area is 370 Å². The minimum atomic E-state index is 0.564. The van der Waals surface area contributed by atoms with Gasteiger partial charge < -0.3 is 8.83 Å². The highest BCUT2D eigenvalue weighted by atomic mass is 16.3. The highest BCUT2D eigenvalue weighted by Gasteiger charge is 2.21. The molecular formula is C58H33N5O2. The fraction of sp³-hybridized carbons (Fsp3) is 0. The number of aromatic nitrogens is 5. The first-order valence-corrected chi connectivity index (χ1v) is 21.7. The first-order valence-electron chi connectivity index (χ1n) is 21.7. The second-order valence-corrected chi connectivity index (χ2v) is 16.6. The van der Waals surface area contributed by atoms with Gasteiger partial charge in [-0.1, -0.05) is 146 Å². The third kappa shape index (κ3) is 5.49. The Bertz CT molecular complexity index is 4220. The quantitative estimate of drug-likeness (QED) is 0.161. The van der Waals surface area contributed by atoms with Crippen molar-refractivity contribution in [2.45, 2.75) is 0 Å². The van der Waals surface area contributed by atoms with Gasteiger partial charge in [0.25, 0.3) is 0 Å². The van der Waals surface area contributed by atoms with Crippen LogP contribution in [0.2, 0.25) is 0 Å². The molecule has 0 unspecified atom stereocenters. The Morgan fingerprint density at radius 3 is 1.62 bits per heavy atom. The van der Waals surface area contributed by atoms with Crippen LogP contribution >= 0.6 is 0 Å². The molecule has 0 N–H and O–H groups in total. The van der Waals surface area contributed by atoms with E-state index in [0.717, 1.165) is 94.1 Å². The van der Waals surface area contributed by atoms with Crippen molar-refractivity contribution in [2.24, 2.45) is 0 Å². The van der Waals surface area contributed by atoms with E-state index in [1.807, 2.05) is 54.6 Å². The van der Waals surface area contributed by atoms with Crippen molar-refractivity contribution in [2.75, 3.05) is 0 Å². The highest BCUT2D eigenvalue weighted by Crippen LogP contribution is 2.40. The zero-order valence-corrected chi connectivity index (χ0v) is 34.6. The van der Waals surface area contributed by atoms with Gasteiger partial charge in [0.05, 0.1) is 16.7 Å². The summed E-state index contributed by atoms with van der Waals surface area (Å²) < 4.78 is 14.9. The van der Waals surface area contributed by atoms with E-state index < -0.39 is 0 Å². The summed E-state index contributed by atoms with van der Waals surface area (Å²) in [5.41, 5.74) is 9.75. The summed E-state index contributed by atoms with van der Waals surface area (Å²) in [7, 11) is 0. The Hall–Kier alpha value is -8.94. The van der Waals surface area contributed by atoms with Crippen LogP contribution < -0.4 is 0 Å². The number of para-hydroxylation sites is 4. The van der Waals surface area contributed by atoms with E-state index in [4.69, 9.17) is 28.8 Å². The molecule has 0 radical (unpaired) electrons. The van der Waals surface area contributed by atoms with Crippen molar-refractivity contribution in [3.05, 3.63) is 200 Å². The molecule has 0 aliphatic heterocycles. The van der Waals surface area contributed by atoms with E-state index in [0.29, 0.717) is 17.5 Å². The molecule has 0 amide bonds. The van der Waals surface area contributed by atoms with Crippen LogP contribution in [0.3, 0.4) is 0 Å². The minimum Gasteiger partial charge on any atom is -0.456 e. The molecule has 0 aliphatic carbocycles. The van der Waals surface area contributed by atoms with Crippen molar-refractivity contribution in [1.29, 1.82) is 0 Å². The van der Waals surface area contributed by atoms with Crippen molar-refractivity contribution >= 4 is 87.2 Å². The van der Waals surface area contributed by atoms with Gasteiger partial charge >= 0.3 is 0 Å². The number of nitrogens with zero attached hydrogens (tertiary/aromatic N) is 5. The van der Waals surface area contributed by atoms with Crippen LogP contribution in [0.25, 0.3) is 138 Å². The summed E-state index contributed by atoms with van der Waals surface area (Å²) in [4.78, 5) is 21.0. The molecule has 302 valence electrons. The van der Waals surface area contributed by atoms with Gasteiger partial charge in [0.1, 0.15) is 28.2 Å². The van der Waals surface area contributed by atoms with Gasteiger partial charge in [0, 0.05) is 49.9 Å². The predicted molar refractivity (Wildman–Crippen MR) is 263 cm³/mol. The zero-order valence-electron chi connectivity index (χ0n) is 34.6. The molecule has 0 bridgehead atoms. The lowest BCUT2D eigenvalue weighted by Gasteiger charge is -2.13. The minimum absolute atomic E-state index is 0.564. The van der Waals surface area contributed by atoms with Crippen molar-refractivity contribution in [3.8, 4) is 51.2 Å². The number of furan rings is 2. The van der Waals surface area contributed by atoms with Gasteiger partial charge in [-0.05, 0) is 80.8 Å². The second-order valence-electron chi connectivity index (χ2n) is 16.6. The number of benzene rings is 10. The lowest BCUT2D eigenvalue weighted by molar-refractivity contribution is 0.668. The van der Waals surface area contributed by atoms with Crippen LogP contribution in [0.4, 0.5) is 0 Å². The third-order valence-electron chi connectivity index (χ3n) is 12.9. The molecule has 14 aromatic rings. The van der Waals surface area contributed by atoms with Crippen LogP contribution in [-0.4, -0.2) is 24.5 Å². The predicted octanol–water partition coefficient (Wildman–Crippen LogP) is 15.1. The smallest absolute Gasteiger partial charge is 0.164 e. The fourth-order valence-electron chi connectivity index (χ4n) is 9.87. The summed E-state index contributed by atoms with van der Waals surface area (Å²) in [5.74, 6) is 2.53. The molecule has 7 heteroatoms. The van der Waals surface area contributed by atoms with Gasteiger partial charge in [-0.25, -0.2) is 19.9 Å². The van der Waals surface area contributed by atoms with Crippen molar-refractivity contribution in [1.82, 2.24) is 24.5 Å². The zero-order chi connectivity index (χ0) is 42.6. The highest BCUT2D eigenvalue weighted by molar-refractivity contribution is 6.25. The molecule has 0 saturated carbocycles. The molecule has 4 aromatic heterocycles. The first-order chi connectivity index (χ1) is 32.2. The lowest BCUT2D eigenvalue weighted by Crippen LogP contribution is -2.01. The summed E-state index contributed by atoms with van der Waals surface area (Å²) in [6.45, 7) is 0. The number of hydrogen-bond acceptors (Lipinski definition) is 6. The van der Waals surface area contributed by atoms with Gasteiger partial charge in [-0.15, -0.1) is 0 Å². The Balaban J connectivity index is 0.946. The van der Waals surface area contributed by atoms with E-state index >= 15 is 0 Å². The van der Waals surface area contributed by atoms with E-state index in [1.165, 1.54) is 26.9 Å². The Morgan fingerprint density at radius 2 is 0.846 bits per heavy atom. The maximum absolute atomic E-state index is 6.34. The topological polar surface area (TPSA) is 82.8 Å². The van der Waals surface area contributed by atoms with Crippen LogP contribution in [0.5, 0.6) is 0 Å². The maximum atomic E-state index is 6.34.